The molecule has 0 aliphatic heterocycles. The van der Waals surface area contributed by atoms with Gasteiger partial charge in [-0.2, -0.15) is 0 Å². The molecule has 0 unspecified atom stereocenters. The highest BCUT2D eigenvalue weighted by Gasteiger charge is 2.16. The van der Waals surface area contributed by atoms with E-state index in [4.69, 9.17) is 4.74 Å². The second kappa shape index (κ2) is 7.57. The first-order valence-electron chi connectivity index (χ1n) is 8.83. The van der Waals surface area contributed by atoms with Crippen LogP contribution in [0, 0.1) is 0 Å². The topological polar surface area (TPSA) is 88.2 Å². The highest BCUT2D eigenvalue weighted by Crippen LogP contribution is 2.20. The van der Waals surface area contributed by atoms with Crippen molar-refractivity contribution in [1.29, 1.82) is 0 Å². The predicted octanol–water partition coefficient (Wildman–Crippen LogP) is 3.60. The molecule has 0 radical (unpaired) electrons. The molecule has 0 atom stereocenters. The Kier molecular flexibility index (Phi) is 5.21. The average molecular weight is 368 g/mol. The molecule has 0 aliphatic carbocycles. The number of carbonyl (C=O) groups excluding carboxylic acids is 1. The van der Waals surface area contributed by atoms with E-state index in [2.05, 4.69) is 15.6 Å². The van der Waals surface area contributed by atoms with Gasteiger partial charge in [-0.1, -0.05) is 18.2 Å². The first-order chi connectivity index (χ1) is 12.8. The van der Waals surface area contributed by atoms with Crippen molar-refractivity contribution >= 4 is 28.5 Å². The molecule has 142 valence electrons. The van der Waals surface area contributed by atoms with Gasteiger partial charge in [0.05, 0.1) is 11.0 Å². The molecule has 0 bridgehead atoms. The van der Waals surface area contributed by atoms with Crippen LogP contribution in [-0.2, 0) is 11.3 Å². The van der Waals surface area contributed by atoms with Crippen LogP contribution < -0.4 is 16.3 Å². The molecular weight excluding hydrogens is 344 g/mol. The number of hydrogen-bond acceptors (Lipinski definition) is 4. The lowest BCUT2D eigenvalue weighted by molar-refractivity contribution is 0.0526. The minimum atomic E-state index is -0.552. The molecule has 0 saturated heterocycles. The van der Waals surface area contributed by atoms with Crippen LogP contribution in [0.5, 0.6) is 0 Å². The fourth-order valence-electron chi connectivity index (χ4n) is 2.74. The third kappa shape index (κ3) is 4.91. The second-order valence-corrected chi connectivity index (χ2v) is 7.23. The fourth-order valence-corrected chi connectivity index (χ4v) is 2.74. The number of rotatable bonds is 5. The first kappa shape index (κ1) is 18.6. The van der Waals surface area contributed by atoms with Crippen molar-refractivity contribution in [2.45, 2.75) is 32.9 Å². The SMILES string of the molecule is CC(C)(C)OC(=O)NCCn1c(=O)[nH]c2cc(Nc3ccccc3)ccc21. The average Bonchev–Trinajstić information content (AvgIpc) is 2.89. The maximum Gasteiger partial charge on any atom is 0.407 e. The van der Waals surface area contributed by atoms with Crippen molar-refractivity contribution in [3.05, 3.63) is 59.0 Å². The van der Waals surface area contributed by atoms with E-state index in [0.717, 1.165) is 22.4 Å². The van der Waals surface area contributed by atoms with Crippen molar-refractivity contribution in [3.8, 4) is 0 Å². The molecule has 0 spiro atoms. The summed E-state index contributed by atoms with van der Waals surface area (Å²) in [6.07, 6.45) is -0.496. The number of H-pyrrole nitrogens is 1. The molecule has 7 nitrogen and oxygen atoms in total. The number of amides is 1. The summed E-state index contributed by atoms with van der Waals surface area (Å²) in [5.74, 6) is 0. The lowest BCUT2D eigenvalue weighted by atomic mass is 10.2. The van der Waals surface area contributed by atoms with E-state index in [1.165, 1.54) is 0 Å². The van der Waals surface area contributed by atoms with Crippen molar-refractivity contribution < 1.29 is 9.53 Å². The van der Waals surface area contributed by atoms with E-state index in [1.54, 1.807) is 25.3 Å². The number of anilines is 2. The molecular formula is C20H24N4O3. The van der Waals surface area contributed by atoms with Crippen LogP contribution >= 0.6 is 0 Å². The van der Waals surface area contributed by atoms with Gasteiger partial charge in [-0.05, 0) is 51.1 Å². The molecule has 3 aromatic rings. The molecule has 0 saturated carbocycles. The number of para-hydroxylation sites is 1. The maximum atomic E-state index is 12.3. The van der Waals surface area contributed by atoms with Gasteiger partial charge in [-0.3, -0.25) is 4.57 Å². The standard InChI is InChI=1S/C20H24N4O3/c1-20(2,3)27-19(26)21-11-12-24-17-10-9-15(13-16(17)23-18(24)25)22-14-7-5-4-6-8-14/h4-10,13,22H,11-12H2,1-3H3,(H,21,26)(H,23,25). The Labute approximate surface area is 157 Å². The highest BCUT2D eigenvalue weighted by atomic mass is 16.6. The van der Waals surface area contributed by atoms with Crippen LogP contribution in [0.3, 0.4) is 0 Å². The Morgan fingerprint density at radius 1 is 1.11 bits per heavy atom. The zero-order chi connectivity index (χ0) is 19.4. The van der Waals surface area contributed by atoms with Gasteiger partial charge >= 0.3 is 11.8 Å². The fraction of sp³-hybridized carbons (Fsp3) is 0.300. The lowest BCUT2D eigenvalue weighted by Gasteiger charge is -2.19. The molecule has 1 amide bonds. The number of aromatic amines is 1. The maximum absolute atomic E-state index is 12.3. The van der Waals surface area contributed by atoms with Crippen molar-refractivity contribution in [2.24, 2.45) is 0 Å². The van der Waals surface area contributed by atoms with E-state index in [0.29, 0.717) is 13.1 Å². The number of aromatic nitrogens is 2. The number of fused-ring (bicyclic) bond motifs is 1. The lowest BCUT2D eigenvalue weighted by Crippen LogP contribution is -2.35. The van der Waals surface area contributed by atoms with Crippen LogP contribution in [0.15, 0.2) is 53.3 Å². The summed E-state index contributed by atoms with van der Waals surface area (Å²) in [6.45, 7) is 6.06. The van der Waals surface area contributed by atoms with Gasteiger partial charge in [-0.15, -0.1) is 0 Å². The van der Waals surface area contributed by atoms with Crippen molar-refractivity contribution in [3.63, 3.8) is 0 Å². The van der Waals surface area contributed by atoms with Gasteiger partial charge < -0.3 is 20.4 Å². The van der Waals surface area contributed by atoms with Crippen molar-refractivity contribution in [1.82, 2.24) is 14.9 Å². The summed E-state index contributed by atoms with van der Waals surface area (Å²) < 4.78 is 6.79. The van der Waals surface area contributed by atoms with Crippen LogP contribution in [-0.4, -0.2) is 27.8 Å². The molecule has 1 aromatic heterocycles. The molecule has 0 fully saturated rings. The first-order valence-corrected chi connectivity index (χ1v) is 8.83. The van der Waals surface area contributed by atoms with E-state index in [-0.39, 0.29) is 5.69 Å². The quantitative estimate of drug-likeness (QED) is 0.642. The largest absolute Gasteiger partial charge is 0.444 e. The Bertz CT molecular complexity index is 984. The Morgan fingerprint density at radius 2 is 1.85 bits per heavy atom. The molecule has 3 rings (SSSR count). The molecule has 1 heterocycles. The van der Waals surface area contributed by atoms with Gasteiger partial charge in [0, 0.05) is 24.5 Å². The van der Waals surface area contributed by atoms with E-state index in [1.807, 2.05) is 48.5 Å². The zero-order valence-electron chi connectivity index (χ0n) is 15.7. The van der Waals surface area contributed by atoms with E-state index in [9.17, 15) is 9.59 Å². The van der Waals surface area contributed by atoms with Crippen LogP contribution in [0.1, 0.15) is 20.8 Å². The molecule has 3 N–H and O–H groups in total. The molecule has 27 heavy (non-hydrogen) atoms. The number of alkyl carbamates (subject to hydrolysis) is 1. The van der Waals surface area contributed by atoms with Gasteiger partial charge in [0.1, 0.15) is 5.60 Å². The predicted molar refractivity (Wildman–Crippen MR) is 107 cm³/mol. The summed E-state index contributed by atoms with van der Waals surface area (Å²) in [4.78, 5) is 26.8. The van der Waals surface area contributed by atoms with Gasteiger partial charge in [-0.25, -0.2) is 9.59 Å². The smallest absolute Gasteiger partial charge is 0.407 e. The Balaban J connectivity index is 1.69. The van der Waals surface area contributed by atoms with Gasteiger partial charge in [0.2, 0.25) is 0 Å². The second-order valence-electron chi connectivity index (χ2n) is 7.23. The zero-order valence-corrected chi connectivity index (χ0v) is 15.7. The minimum Gasteiger partial charge on any atom is -0.444 e. The normalized spacial score (nSPS) is 11.4. The molecule has 2 aromatic carbocycles. The minimum absolute atomic E-state index is 0.215. The third-order valence-electron chi connectivity index (χ3n) is 3.84. The number of hydrogen-bond donors (Lipinski definition) is 3. The molecule has 0 aliphatic rings. The third-order valence-corrected chi connectivity index (χ3v) is 3.84. The number of ether oxygens (including phenoxy) is 1. The Morgan fingerprint density at radius 3 is 2.56 bits per heavy atom. The number of carbonyl (C=O) groups is 1. The van der Waals surface area contributed by atoms with Gasteiger partial charge in [0.25, 0.3) is 0 Å². The summed E-state index contributed by atoms with van der Waals surface area (Å²) in [5, 5.41) is 5.97. The van der Waals surface area contributed by atoms with Crippen LogP contribution in [0.2, 0.25) is 0 Å². The van der Waals surface area contributed by atoms with E-state index < -0.39 is 11.7 Å². The molecule has 7 heteroatoms. The van der Waals surface area contributed by atoms with E-state index >= 15 is 0 Å². The van der Waals surface area contributed by atoms with Gasteiger partial charge in [0.15, 0.2) is 0 Å². The summed E-state index contributed by atoms with van der Waals surface area (Å²) in [6, 6.07) is 15.5. The summed E-state index contributed by atoms with van der Waals surface area (Å²) >= 11 is 0. The number of benzene rings is 2. The van der Waals surface area contributed by atoms with Crippen LogP contribution in [0.4, 0.5) is 16.2 Å². The monoisotopic (exact) mass is 368 g/mol. The summed E-state index contributed by atoms with van der Waals surface area (Å²) in [7, 11) is 0. The Hall–Kier alpha value is -3.22. The van der Waals surface area contributed by atoms with Crippen molar-refractivity contribution in [2.75, 3.05) is 11.9 Å². The number of nitrogens with one attached hydrogen (secondary N) is 3. The highest BCUT2D eigenvalue weighted by molar-refractivity contribution is 5.81. The number of imidazole rings is 1. The number of nitrogens with zero attached hydrogens (tertiary/aromatic N) is 1. The summed E-state index contributed by atoms with van der Waals surface area (Å²) in [5.41, 5.74) is 2.61. The van der Waals surface area contributed by atoms with Crippen LogP contribution in [0.25, 0.3) is 11.0 Å².